The Morgan fingerprint density at radius 1 is 1.37 bits per heavy atom. The number of anilines is 1. The van der Waals surface area contributed by atoms with E-state index in [1.165, 1.54) is 12.1 Å². The Labute approximate surface area is 122 Å². The lowest BCUT2D eigenvalue weighted by molar-refractivity contribution is 0.0422. The van der Waals surface area contributed by atoms with E-state index in [1.807, 2.05) is 0 Å². The number of benzene rings is 1. The molecule has 1 atom stereocenters. The molecule has 0 aliphatic carbocycles. The molecule has 0 heterocycles. The number of hydrogen-bond acceptors (Lipinski definition) is 3. The molecule has 0 radical (unpaired) electrons. The first kappa shape index (κ1) is 16.5. The normalized spacial score (nSPS) is 12.5. The fourth-order valence-corrected chi connectivity index (χ4v) is 1.91. The van der Waals surface area contributed by atoms with Crippen LogP contribution in [0.4, 0.5) is 10.1 Å². The molecule has 0 saturated carbocycles. The average Bonchev–Trinajstić information content (AvgIpc) is 2.38. The predicted molar refractivity (Wildman–Crippen MR) is 76.6 cm³/mol. The second kappa shape index (κ2) is 8.59. The van der Waals surface area contributed by atoms with E-state index in [2.05, 4.69) is 12.2 Å². The number of halogens is 3. The largest absolute Gasteiger partial charge is 0.389 e. The molecule has 6 heteroatoms. The van der Waals surface area contributed by atoms with Gasteiger partial charge in [0, 0.05) is 18.8 Å². The minimum absolute atomic E-state index is 0.0521. The van der Waals surface area contributed by atoms with Crippen LogP contribution in [0, 0.1) is 5.82 Å². The van der Waals surface area contributed by atoms with Crippen LogP contribution in [0.5, 0.6) is 0 Å². The van der Waals surface area contributed by atoms with E-state index in [0.717, 1.165) is 12.8 Å². The van der Waals surface area contributed by atoms with Gasteiger partial charge >= 0.3 is 0 Å². The van der Waals surface area contributed by atoms with E-state index in [-0.39, 0.29) is 23.2 Å². The second-order valence-electron chi connectivity index (χ2n) is 4.22. The summed E-state index contributed by atoms with van der Waals surface area (Å²) >= 11 is 11.3. The maximum absolute atomic E-state index is 13.2. The molecule has 108 valence electrons. The van der Waals surface area contributed by atoms with Crippen LogP contribution in [0.3, 0.4) is 0 Å². The molecule has 0 saturated heterocycles. The smallest absolute Gasteiger partial charge is 0.160 e. The lowest BCUT2D eigenvalue weighted by atomic mass is 10.3. The summed E-state index contributed by atoms with van der Waals surface area (Å²) in [5.74, 6) is -0.641. The van der Waals surface area contributed by atoms with Crippen LogP contribution in [0.15, 0.2) is 12.1 Å². The zero-order valence-corrected chi connectivity index (χ0v) is 12.3. The van der Waals surface area contributed by atoms with Gasteiger partial charge in [0.05, 0.1) is 22.8 Å². The van der Waals surface area contributed by atoms with Crippen molar-refractivity contribution in [2.24, 2.45) is 0 Å². The van der Waals surface area contributed by atoms with Gasteiger partial charge in [0.1, 0.15) is 0 Å². The number of aliphatic hydroxyl groups excluding tert-OH is 1. The molecule has 0 amide bonds. The Kier molecular flexibility index (Phi) is 7.46. The SMILES string of the molecule is CCCCOCC(O)CNc1cc(Cl)c(F)c(Cl)c1. The van der Waals surface area contributed by atoms with Gasteiger partial charge in [0.2, 0.25) is 0 Å². The monoisotopic (exact) mass is 309 g/mol. The van der Waals surface area contributed by atoms with Crippen molar-refractivity contribution in [3.63, 3.8) is 0 Å². The number of ether oxygens (including phenoxy) is 1. The van der Waals surface area contributed by atoms with Crippen molar-refractivity contribution in [1.29, 1.82) is 0 Å². The molecule has 1 aromatic rings. The van der Waals surface area contributed by atoms with Gasteiger partial charge in [-0.2, -0.15) is 0 Å². The zero-order chi connectivity index (χ0) is 14.3. The summed E-state index contributed by atoms with van der Waals surface area (Å²) in [6.45, 7) is 3.26. The first-order chi connectivity index (χ1) is 9.04. The second-order valence-corrected chi connectivity index (χ2v) is 5.03. The van der Waals surface area contributed by atoms with Crippen molar-refractivity contribution < 1.29 is 14.2 Å². The van der Waals surface area contributed by atoms with Crippen molar-refractivity contribution in [2.75, 3.05) is 25.1 Å². The van der Waals surface area contributed by atoms with Gasteiger partial charge in [0.25, 0.3) is 0 Å². The Hall–Kier alpha value is -0.550. The van der Waals surface area contributed by atoms with Crippen LogP contribution in [0.1, 0.15) is 19.8 Å². The molecule has 19 heavy (non-hydrogen) atoms. The number of aliphatic hydroxyl groups is 1. The summed E-state index contributed by atoms with van der Waals surface area (Å²) in [5.41, 5.74) is 0.559. The van der Waals surface area contributed by atoms with Crippen LogP contribution in [0.2, 0.25) is 10.0 Å². The van der Waals surface area contributed by atoms with Gasteiger partial charge in [0.15, 0.2) is 5.82 Å². The minimum atomic E-state index is -0.641. The van der Waals surface area contributed by atoms with E-state index in [1.54, 1.807) is 0 Å². The summed E-state index contributed by atoms with van der Waals surface area (Å²) in [6, 6.07) is 2.85. The zero-order valence-electron chi connectivity index (χ0n) is 10.8. The maximum Gasteiger partial charge on any atom is 0.160 e. The van der Waals surface area contributed by atoms with Crippen molar-refractivity contribution in [1.82, 2.24) is 0 Å². The molecule has 0 spiro atoms. The van der Waals surface area contributed by atoms with Crippen molar-refractivity contribution in [3.8, 4) is 0 Å². The van der Waals surface area contributed by atoms with Gasteiger partial charge in [-0.05, 0) is 18.6 Å². The predicted octanol–water partition coefficient (Wildman–Crippen LogP) is 3.72. The molecule has 3 nitrogen and oxygen atoms in total. The van der Waals surface area contributed by atoms with Gasteiger partial charge in [-0.1, -0.05) is 36.5 Å². The summed E-state index contributed by atoms with van der Waals surface area (Å²) in [6.07, 6.45) is 1.39. The van der Waals surface area contributed by atoms with E-state index < -0.39 is 11.9 Å². The molecule has 1 rings (SSSR count). The Balaban J connectivity index is 2.36. The van der Waals surface area contributed by atoms with Gasteiger partial charge < -0.3 is 15.2 Å². The van der Waals surface area contributed by atoms with Crippen LogP contribution in [-0.2, 0) is 4.74 Å². The summed E-state index contributed by atoms with van der Waals surface area (Å²) in [7, 11) is 0. The van der Waals surface area contributed by atoms with Gasteiger partial charge in [-0.15, -0.1) is 0 Å². The van der Waals surface area contributed by atoms with Crippen LogP contribution >= 0.6 is 23.2 Å². The quantitative estimate of drug-likeness (QED) is 0.568. The molecule has 1 unspecified atom stereocenters. The van der Waals surface area contributed by atoms with E-state index in [4.69, 9.17) is 27.9 Å². The molecule has 0 bridgehead atoms. The van der Waals surface area contributed by atoms with E-state index in [9.17, 15) is 9.50 Å². The number of rotatable bonds is 8. The molecule has 2 N–H and O–H groups in total. The highest BCUT2D eigenvalue weighted by molar-refractivity contribution is 6.35. The molecule has 1 aromatic carbocycles. The van der Waals surface area contributed by atoms with Crippen LogP contribution < -0.4 is 5.32 Å². The third kappa shape index (κ3) is 5.95. The van der Waals surface area contributed by atoms with E-state index >= 15 is 0 Å². The minimum Gasteiger partial charge on any atom is -0.389 e. The fourth-order valence-electron chi connectivity index (χ4n) is 1.42. The number of hydrogen-bond donors (Lipinski definition) is 2. The van der Waals surface area contributed by atoms with Gasteiger partial charge in [-0.3, -0.25) is 0 Å². The highest BCUT2D eigenvalue weighted by Crippen LogP contribution is 2.27. The summed E-state index contributed by atoms with van der Waals surface area (Å²) < 4.78 is 18.5. The fraction of sp³-hybridized carbons (Fsp3) is 0.538. The third-order valence-electron chi connectivity index (χ3n) is 2.48. The highest BCUT2D eigenvalue weighted by Gasteiger charge is 2.09. The lowest BCUT2D eigenvalue weighted by Crippen LogP contribution is -2.25. The molecular weight excluding hydrogens is 292 g/mol. The summed E-state index contributed by atoms with van der Waals surface area (Å²) in [5, 5.41) is 12.5. The topological polar surface area (TPSA) is 41.5 Å². The van der Waals surface area contributed by atoms with E-state index in [0.29, 0.717) is 12.3 Å². The first-order valence-corrected chi connectivity index (χ1v) is 6.94. The average molecular weight is 310 g/mol. The van der Waals surface area contributed by atoms with Crippen molar-refractivity contribution in [2.45, 2.75) is 25.9 Å². The Morgan fingerprint density at radius 3 is 2.58 bits per heavy atom. The van der Waals surface area contributed by atoms with Crippen molar-refractivity contribution >= 4 is 28.9 Å². The van der Waals surface area contributed by atoms with Crippen molar-refractivity contribution in [3.05, 3.63) is 28.0 Å². The number of unbranched alkanes of at least 4 members (excludes halogenated alkanes) is 1. The summed E-state index contributed by atoms with van der Waals surface area (Å²) in [4.78, 5) is 0. The van der Waals surface area contributed by atoms with Crippen LogP contribution in [0.25, 0.3) is 0 Å². The molecule has 0 fully saturated rings. The molecule has 0 aromatic heterocycles. The molecule has 0 aliphatic heterocycles. The number of nitrogens with one attached hydrogen (secondary N) is 1. The van der Waals surface area contributed by atoms with Crippen LogP contribution in [-0.4, -0.2) is 31.0 Å². The maximum atomic E-state index is 13.2. The Morgan fingerprint density at radius 2 is 2.00 bits per heavy atom. The first-order valence-electron chi connectivity index (χ1n) is 6.18. The Bertz CT molecular complexity index is 381. The highest BCUT2D eigenvalue weighted by atomic mass is 35.5. The third-order valence-corrected chi connectivity index (χ3v) is 3.03. The molecule has 0 aliphatic rings. The lowest BCUT2D eigenvalue weighted by Gasteiger charge is -2.13. The molecular formula is C13H18Cl2FNO2. The van der Waals surface area contributed by atoms with Gasteiger partial charge in [-0.25, -0.2) is 4.39 Å². The standard InChI is InChI=1S/C13H18Cl2FNO2/c1-2-3-4-19-8-10(18)7-17-9-5-11(14)13(16)12(15)6-9/h5-6,10,17-18H,2-4,7-8H2,1H3.